The monoisotopic (exact) mass is 480 g/mol. The van der Waals surface area contributed by atoms with Gasteiger partial charge in [-0.15, -0.1) is 0 Å². The van der Waals surface area contributed by atoms with Crippen LogP contribution in [0.3, 0.4) is 0 Å². The topological polar surface area (TPSA) is 118 Å². The smallest absolute Gasteiger partial charge is 0.411 e. The Labute approximate surface area is 200 Å². The molecule has 4 rings (SSSR count). The Morgan fingerprint density at radius 3 is 2.32 bits per heavy atom. The lowest BCUT2D eigenvalue weighted by Crippen LogP contribution is -2.41. The van der Waals surface area contributed by atoms with E-state index in [9.17, 15) is 19.5 Å². The minimum Gasteiger partial charge on any atom is -0.480 e. The van der Waals surface area contributed by atoms with Crippen LogP contribution >= 0.6 is 11.8 Å². The molecule has 1 heterocycles. The maximum atomic E-state index is 12.6. The molecule has 0 bridgehead atoms. The number of hydrogen-bond acceptors (Lipinski definition) is 6. The Hall–Kier alpha value is -3.72. The highest BCUT2D eigenvalue weighted by Gasteiger charge is 2.29. The van der Waals surface area contributed by atoms with Crippen molar-refractivity contribution in [1.82, 2.24) is 5.32 Å². The number of amides is 2. The third kappa shape index (κ3) is 4.94. The Balaban J connectivity index is 1.40. The summed E-state index contributed by atoms with van der Waals surface area (Å²) in [6, 6.07) is 16.4. The fourth-order valence-electron chi connectivity index (χ4n) is 4.04. The summed E-state index contributed by atoms with van der Waals surface area (Å²) in [6.07, 6.45) is 2.61. The van der Waals surface area contributed by atoms with E-state index in [0.717, 1.165) is 22.3 Å². The summed E-state index contributed by atoms with van der Waals surface area (Å²) < 4.78 is 10.7. The third-order valence-corrected chi connectivity index (χ3v) is 6.31. The lowest BCUT2D eigenvalue weighted by molar-refractivity contribution is -0.139. The number of benzene rings is 2. The number of nitrogens with one attached hydrogen (secondary N) is 2. The minimum absolute atomic E-state index is 0.0990. The first-order valence-electron chi connectivity index (χ1n) is 10.7. The number of carbonyl (C=O) groups is 3. The number of hydrogen-bond donors (Lipinski definition) is 3. The van der Waals surface area contributed by atoms with E-state index in [1.807, 2.05) is 54.8 Å². The van der Waals surface area contributed by atoms with E-state index >= 15 is 0 Å². The van der Waals surface area contributed by atoms with E-state index in [2.05, 4.69) is 10.6 Å². The van der Waals surface area contributed by atoms with Gasteiger partial charge in [0.25, 0.3) is 5.91 Å². The van der Waals surface area contributed by atoms with Crippen molar-refractivity contribution in [2.45, 2.75) is 18.4 Å². The molecule has 1 unspecified atom stereocenters. The highest BCUT2D eigenvalue weighted by atomic mass is 32.2. The highest BCUT2D eigenvalue weighted by Crippen LogP contribution is 2.44. The summed E-state index contributed by atoms with van der Waals surface area (Å²) in [5.74, 6) is -1.59. The molecule has 34 heavy (non-hydrogen) atoms. The molecular formula is C25H24N2O6S. The molecule has 3 aromatic rings. The molecule has 3 N–H and O–H groups in total. The van der Waals surface area contributed by atoms with E-state index in [1.54, 1.807) is 0 Å². The molecule has 1 aromatic heterocycles. The predicted octanol–water partition coefficient (Wildman–Crippen LogP) is 4.58. The van der Waals surface area contributed by atoms with Crippen LogP contribution in [0.2, 0.25) is 0 Å². The van der Waals surface area contributed by atoms with E-state index in [4.69, 9.17) is 9.15 Å². The van der Waals surface area contributed by atoms with Gasteiger partial charge < -0.3 is 19.6 Å². The van der Waals surface area contributed by atoms with Gasteiger partial charge in [0.2, 0.25) is 5.76 Å². The Bertz CT molecular complexity index is 1160. The van der Waals surface area contributed by atoms with Crippen LogP contribution in [0.4, 0.5) is 10.5 Å². The molecular weight excluding hydrogens is 456 g/mol. The first-order valence-corrected chi connectivity index (χ1v) is 12.1. The average molecular weight is 481 g/mol. The number of thioether (sulfide) groups is 1. The van der Waals surface area contributed by atoms with Gasteiger partial charge in [0.05, 0.1) is 12.0 Å². The number of ether oxygens (including phenoxy) is 1. The maximum Gasteiger partial charge on any atom is 0.411 e. The molecule has 0 saturated carbocycles. The summed E-state index contributed by atoms with van der Waals surface area (Å²) in [6.45, 7) is 0.120. The Morgan fingerprint density at radius 2 is 1.71 bits per heavy atom. The van der Waals surface area contributed by atoms with E-state index in [-0.39, 0.29) is 30.4 Å². The SMILES string of the molecule is CSCCC(NC(=O)c1occc1NC(=O)OCC1c2ccccc2-c2ccccc21)C(=O)O. The van der Waals surface area contributed by atoms with Crippen molar-refractivity contribution < 1.29 is 28.6 Å². The third-order valence-electron chi connectivity index (χ3n) is 5.67. The number of carboxylic acids is 1. The first kappa shape index (κ1) is 23.4. The van der Waals surface area contributed by atoms with Gasteiger partial charge in [0.15, 0.2) is 0 Å². The zero-order valence-corrected chi connectivity index (χ0v) is 19.3. The van der Waals surface area contributed by atoms with Gasteiger partial charge >= 0.3 is 12.1 Å². The molecule has 0 saturated heterocycles. The van der Waals surface area contributed by atoms with Crippen molar-refractivity contribution in [3.05, 3.63) is 77.7 Å². The zero-order valence-electron chi connectivity index (χ0n) is 18.4. The lowest BCUT2D eigenvalue weighted by atomic mass is 9.98. The number of carbonyl (C=O) groups excluding carboxylic acids is 2. The van der Waals surface area contributed by atoms with E-state index in [1.165, 1.54) is 24.1 Å². The Morgan fingerprint density at radius 1 is 1.06 bits per heavy atom. The average Bonchev–Trinajstić information content (AvgIpc) is 3.42. The molecule has 2 aromatic carbocycles. The second kappa shape index (κ2) is 10.5. The Kier molecular flexibility index (Phi) is 7.22. The molecule has 176 valence electrons. The molecule has 0 spiro atoms. The van der Waals surface area contributed by atoms with Crippen LogP contribution in [0.25, 0.3) is 11.1 Å². The van der Waals surface area contributed by atoms with Crippen LogP contribution in [0, 0.1) is 0 Å². The predicted molar refractivity (Wildman–Crippen MR) is 129 cm³/mol. The van der Waals surface area contributed by atoms with Crippen LogP contribution in [0.1, 0.15) is 34.0 Å². The second-order valence-corrected chi connectivity index (χ2v) is 8.75. The van der Waals surface area contributed by atoms with Gasteiger partial charge in [0.1, 0.15) is 12.6 Å². The quantitative estimate of drug-likeness (QED) is 0.410. The number of rotatable bonds is 9. The van der Waals surface area contributed by atoms with Crippen molar-refractivity contribution in [2.24, 2.45) is 0 Å². The van der Waals surface area contributed by atoms with Gasteiger partial charge in [-0.2, -0.15) is 11.8 Å². The highest BCUT2D eigenvalue weighted by molar-refractivity contribution is 7.98. The molecule has 8 nitrogen and oxygen atoms in total. The van der Waals surface area contributed by atoms with Crippen molar-refractivity contribution in [3.63, 3.8) is 0 Å². The largest absolute Gasteiger partial charge is 0.480 e. The molecule has 1 atom stereocenters. The molecule has 0 aliphatic heterocycles. The van der Waals surface area contributed by atoms with Gasteiger partial charge in [-0.25, -0.2) is 9.59 Å². The van der Waals surface area contributed by atoms with Gasteiger partial charge in [-0.05, 0) is 40.7 Å². The number of fused-ring (bicyclic) bond motifs is 3. The summed E-state index contributed by atoms with van der Waals surface area (Å²) >= 11 is 1.48. The van der Waals surface area contributed by atoms with Gasteiger partial charge in [0, 0.05) is 12.0 Å². The van der Waals surface area contributed by atoms with Crippen molar-refractivity contribution in [2.75, 3.05) is 23.9 Å². The number of anilines is 1. The first-order chi connectivity index (χ1) is 16.5. The molecule has 1 aliphatic carbocycles. The van der Waals surface area contributed by atoms with Crippen molar-refractivity contribution in [1.29, 1.82) is 0 Å². The zero-order chi connectivity index (χ0) is 24.1. The van der Waals surface area contributed by atoms with Gasteiger partial charge in [-0.1, -0.05) is 48.5 Å². The summed E-state index contributed by atoms with van der Waals surface area (Å²) in [4.78, 5) is 36.5. The lowest BCUT2D eigenvalue weighted by Gasteiger charge is -2.15. The van der Waals surface area contributed by atoms with E-state index < -0.39 is 24.0 Å². The normalized spacial score (nSPS) is 13.0. The fourth-order valence-corrected chi connectivity index (χ4v) is 4.52. The van der Waals surface area contributed by atoms with Crippen LogP contribution in [0.15, 0.2) is 65.3 Å². The molecule has 2 amide bonds. The van der Waals surface area contributed by atoms with Crippen LogP contribution in [0.5, 0.6) is 0 Å². The van der Waals surface area contributed by atoms with Crippen LogP contribution in [-0.2, 0) is 9.53 Å². The maximum absolute atomic E-state index is 12.6. The van der Waals surface area contributed by atoms with Crippen LogP contribution < -0.4 is 10.6 Å². The number of carboxylic acid groups (broad SMARTS) is 1. The van der Waals surface area contributed by atoms with Crippen molar-refractivity contribution in [3.8, 4) is 11.1 Å². The van der Waals surface area contributed by atoms with Crippen LogP contribution in [-0.4, -0.2) is 47.7 Å². The number of aliphatic carboxylic acids is 1. The molecule has 0 fully saturated rings. The summed E-state index contributed by atoms with van der Waals surface area (Å²) in [5, 5.41) is 14.3. The van der Waals surface area contributed by atoms with Crippen molar-refractivity contribution >= 4 is 35.4 Å². The van der Waals surface area contributed by atoms with Gasteiger partial charge in [-0.3, -0.25) is 10.1 Å². The summed E-state index contributed by atoms with van der Waals surface area (Å²) in [5.41, 5.74) is 4.52. The molecule has 0 radical (unpaired) electrons. The summed E-state index contributed by atoms with van der Waals surface area (Å²) in [7, 11) is 0. The minimum atomic E-state index is -1.14. The van der Waals surface area contributed by atoms with E-state index in [0.29, 0.717) is 5.75 Å². The molecule has 1 aliphatic rings. The standard InChI is InChI=1S/C25H24N2O6S/c1-34-13-11-21(24(29)30)26-23(28)22-20(10-12-32-22)27-25(31)33-14-19-17-8-4-2-6-15(17)16-7-3-5-9-18(16)19/h2-10,12,19,21H,11,13-14H2,1H3,(H,26,28)(H,27,31)(H,29,30). The number of furan rings is 1. The molecule has 9 heteroatoms. The second-order valence-electron chi connectivity index (χ2n) is 7.76. The fraction of sp³-hybridized carbons (Fsp3) is 0.240.